The first-order valence-electron chi connectivity index (χ1n) is 2.77. The van der Waals surface area contributed by atoms with Crippen molar-refractivity contribution in [1.82, 2.24) is 0 Å². The summed E-state index contributed by atoms with van der Waals surface area (Å²) in [6, 6.07) is 0. The van der Waals surface area contributed by atoms with Crippen LogP contribution in [0.15, 0.2) is 0 Å². The minimum Gasteiger partial charge on any atom is -0.303 e. The molecule has 0 aromatic carbocycles. The highest BCUT2D eigenvalue weighted by Crippen LogP contribution is 2.29. The van der Waals surface area contributed by atoms with Crippen LogP contribution in [0.25, 0.3) is 0 Å². The lowest BCUT2D eigenvalue weighted by Gasteiger charge is -2.25. The fraction of sp³-hybridized carbons (Fsp3) is 0.667. The second-order valence-electron chi connectivity index (χ2n) is 2.26. The van der Waals surface area contributed by atoms with E-state index in [-0.39, 0.29) is 11.8 Å². The number of carbonyl (C=O) groups excluding carboxylic acids is 2. The van der Waals surface area contributed by atoms with E-state index in [0.29, 0.717) is 0 Å². The van der Waals surface area contributed by atoms with Crippen molar-refractivity contribution in [2.75, 3.05) is 0 Å². The topological polar surface area (TPSA) is 34.1 Å². The van der Waals surface area contributed by atoms with Crippen molar-refractivity contribution in [2.24, 2.45) is 11.8 Å². The predicted octanol–water partition coefficient (Wildman–Crippen LogP) is 0.410. The molecule has 1 aliphatic rings. The molecule has 1 saturated carbocycles. The maximum atomic E-state index is 9.93. The largest absolute Gasteiger partial charge is 0.303 e. The van der Waals surface area contributed by atoms with Crippen LogP contribution in [0.1, 0.15) is 12.8 Å². The molecule has 0 spiro atoms. The van der Waals surface area contributed by atoms with Crippen molar-refractivity contribution in [2.45, 2.75) is 12.8 Å². The Hall–Kier alpha value is -0.660. The lowest BCUT2D eigenvalue weighted by atomic mass is 9.77. The van der Waals surface area contributed by atoms with Gasteiger partial charge in [0.15, 0.2) is 0 Å². The summed E-state index contributed by atoms with van der Waals surface area (Å²) in [5.41, 5.74) is 0. The molecule has 1 rings (SSSR count). The number of rotatable bonds is 2. The molecular weight excluding hydrogens is 104 g/mol. The van der Waals surface area contributed by atoms with Gasteiger partial charge < -0.3 is 9.59 Å². The molecule has 0 amide bonds. The van der Waals surface area contributed by atoms with Gasteiger partial charge >= 0.3 is 0 Å². The summed E-state index contributed by atoms with van der Waals surface area (Å²) in [5.74, 6) is 0.371. The summed E-state index contributed by atoms with van der Waals surface area (Å²) in [6.45, 7) is 0. The lowest BCUT2D eigenvalue weighted by Crippen LogP contribution is -2.25. The fourth-order valence-electron chi connectivity index (χ4n) is 0.931. The molecule has 8 heavy (non-hydrogen) atoms. The molecule has 0 aromatic rings. The van der Waals surface area contributed by atoms with E-state index >= 15 is 0 Å². The van der Waals surface area contributed by atoms with Crippen molar-refractivity contribution in [3.8, 4) is 0 Å². The molecule has 0 bridgehead atoms. The molecule has 0 aromatic heterocycles. The van der Waals surface area contributed by atoms with E-state index in [9.17, 15) is 9.59 Å². The summed E-state index contributed by atoms with van der Waals surface area (Å²) in [4.78, 5) is 19.9. The van der Waals surface area contributed by atoms with Gasteiger partial charge in [0, 0.05) is 11.8 Å². The Bertz CT molecular complexity index is 91.1. The Labute approximate surface area is 47.9 Å². The van der Waals surface area contributed by atoms with E-state index in [4.69, 9.17) is 0 Å². The molecular formula is C6H8O2. The quantitative estimate of drug-likeness (QED) is 0.485. The van der Waals surface area contributed by atoms with Crippen molar-refractivity contribution in [3.05, 3.63) is 0 Å². The molecule has 0 heterocycles. The van der Waals surface area contributed by atoms with Crippen molar-refractivity contribution < 1.29 is 9.59 Å². The number of hydrogen-bond acceptors (Lipinski definition) is 2. The van der Waals surface area contributed by atoms with Gasteiger partial charge in [-0.2, -0.15) is 0 Å². The van der Waals surface area contributed by atoms with Crippen LogP contribution in [0, 0.1) is 11.8 Å². The van der Waals surface area contributed by atoms with Crippen LogP contribution in [0.2, 0.25) is 0 Å². The van der Waals surface area contributed by atoms with Crippen LogP contribution in [0.3, 0.4) is 0 Å². The molecule has 0 atom stereocenters. The van der Waals surface area contributed by atoms with Crippen molar-refractivity contribution in [3.63, 3.8) is 0 Å². The first-order chi connectivity index (χ1) is 3.86. The average molecular weight is 112 g/mol. The molecule has 1 aliphatic carbocycles. The molecule has 2 heteroatoms. The molecule has 1 fully saturated rings. The van der Waals surface area contributed by atoms with Gasteiger partial charge in [0.05, 0.1) is 0 Å². The molecule has 0 N–H and O–H groups in total. The Morgan fingerprint density at radius 2 is 1.38 bits per heavy atom. The Morgan fingerprint density at radius 3 is 1.62 bits per heavy atom. The molecule has 0 unspecified atom stereocenters. The Kier molecular flexibility index (Phi) is 1.42. The minimum atomic E-state index is 0.185. The van der Waals surface area contributed by atoms with Crippen LogP contribution < -0.4 is 0 Å². The van der Waals surface area contributed by atoms with E-state index in [1.165, 1.54) is 0 Å². The number of aldehydes is 2. The molecule has 0 radical (unpaired) electrons. The summed E-state index contributed by atoms with van der Waals surface area (Å²) in [5, 5.41) is 0. The summed E-state index contributed by atoms with van der Waals surface area (Å²) in [6.07, 6.45) is 3.43. The highest BCUT2D eigenvalue weighted by atomic mass is 16.1. The second kappa shape index (κ2) is 2.07. The summed E-state index contributed by atoms with van der Waals surface area (Å²) >= 11 is 0. The third-order valence-electron chi connectivity index (χ3n) is 1.60. The SMILES string of the molecule is O=CC1CC(C=O)C1. The highest BCUT2D eigenvalue weighted by molar-refractivity contribution is 5.62. The number of carbonyl (C=O) groups is 2. The monoisotopic (exact) mass is 112 g/mol. The van der Waals surface area contributed by atoms with Gasteiger partial charge in [-0.3, -0.25) is 0 Å². The van der Waals surface area contributed by atoms with Gasteiger partial charge in [-0.05, 0) is 12.8 Å². The molecule has 0 saturated heterocycles. The first kappa shape index (κ1) is 5.48. The molecule has 44 valence electrons. The van der Waals surface area contributed by atoms with Gasteiger partial charge in [0.2, 0.25) is 0 Å². The summed E-state index contributed by atoms with van der Waals surface area (Å²) in [7, 11) is 0. The highest BCUT2D eigenvalue weighted by Gasteiger charge is 2.27. The molecule has 0 aliphatic heterocycles. The average Bonchev–Trinajstić information content (AvgIpc) is 1.65. The van der Waals surface area contributed by atoms with Crippen molar-refractivity contribution in [1.29, 1.82) is 0 Å². The van der Waals surface area contributed by atoms with Gasteiger partial charge in [-0.25, -0.2) is 0 Å². The van der Waals surface area contributed by atoms with E-state index in [1.54, 1.807) is 0 Å². The van der Waals surface area contributed by atoms with E-state index < -0.39 is 0 Å². The van der Waals surface area contributed by atoms with Gasteiger partial charge in [-0.1, -0.05) is 0 Å². The smallest absolute Gasteiger partial charge is 0.123 e. The third kappa shape index (κ3) is 0.782. The Morgan fingerprint density at radius 1 is 1.00 bits per heavy atom. The van der Waals surface area contributed by atoms with Gasteiger partial charge in [-0.15, -0.1) is 0 Å². The zero-order chi connectivity index (χ0) is 5.98. The van der Waals surface area contributed by atoms with Crippen molar-refractivity contribution >= 4 is 12.6 Å². The maximum Gasteiger partial charge on any atom is 0.123 e. The standard InChI is InChI=1S/C6H8O2/c7-3-5-1-6(2-5)4-8/h3-6H,1-2H2. The predicted molar refractivity (Wildman–Crippen MR) is 28.3 cm³/mol. The van der Waals surface area contributed by atoms with Gasteiger partial charge in [0.1, 0.15) is 12.6 Å². The zero-order valence-electron chi connectivity index (χ0n) is 4.54. The molecule has 2 nitrogen and oxygen atoms in total. The number of hydrogen-bond donors (Lipinski definition) is 0. The van der Waals surface area contributed by atoms with Crippen LogP contribution in [0.5, 0.6) is 0 Å². The summed E-state index contributed by atoms with van der Waals surface area (Å²) < 4.78 is 0. The zero-order valence-corrected chi connectivity index (χ0v) is 4.54. The van der Waals surface area contributed by atoms with E-state index in [2.05, 4.69) is 0 Å². The van der Waals surface area contributed by atoms with E-state index in [0.717, 1.165) is 25.4 Å². The van der Waals surface area contributed by atoms with Crippen LogP contribution >= 0.6 is 0 Å². The van der Waals surface area contributed by atoms with Crippen LogP contribution in [-0.2, 0) is 9.59 Å². The fourth-order valence-corrected chi connectivity index (χ4v) is 0.931. The maximum absolute atomic E-state index is 9.93. The Balaban J connectivity index is 2.20. The van der Waals surface area contributed by atoms with Gasteiger partial charge in [0.25, 0.3) is 0 Å². The lowest BCUT2D eigenvalue weighted by molar-refractivity contribution is -0.119. The second-order valence-corrected chi connectivity index (χ2v) is 2.26. The first-order valence-corrected chi connectivity index (χ1v) is 2.77. The normalized spacial score (nSPS) is 35.5. The third-order valence-corrected chi connectivity index (χ3v) is 1.60. The van der Waals surface area contributed by atoms with E-state index in [1.807, 2.05) is 0 Å². The minimum absolute atomic E-state index is 0.185. The van der Waals surface area contributed by atoms with Crippen LogP contribution in [-0.4, -0.2) is 12.6 Å². The van der Waals surface area contributed by atoms with Crippen LogP contribution in [0.4, 0.5) is 0 Å².